The fourth-order valence-corrected chi connectivity index (χ4v) is 4.26. The van der Waals surface area contributed by atoms with Crippen LogP contribution in [0.1, 0.15) is 28.1 Å². The SMILES string of the molecule is COCC1(CNC(=O)c2sccc2-c2ccc(C)cc2)CCNCC1.Cl. The van der Waals surface area contributed by atoms with Gasteiger partial charge in [-0.1, -0.05) is 29.8 Å². The number of hydrogen-bond donors (Lipinski definition) is 2. The molecule has 1 saturated heterocycles. The summed E-state index contributed by atoms with van der Waals surface area (Å²) >= 11 is 1.50. The lowest BCUT2D eigenvalue weighted by molar-refractivity contribution is 0.0512. The van der Waals surface area contributed by atoms with E-state index in [2.05, 4.69) is 41.8 Å². The highest BCUT2D eigenvalue weighted by atomic mass is 35.5. The molecule has 0 spiro atoms. The number of hydrogen-bond acceptors (Lipinski definition) is 4. The van der Waals surface area contributed by atoms with Crippen molar-refractivity contribution in [3.63, 3.8) is 0 Å². The predicted octanol–water partition coefficient (Wildman–Crippen LogP) is 3.89. The van der Waals surface area contributed by atoms with Crippen LogP contribution < -0.4 is 10.6 Å². The average molecular weight is 395 g/mol. The molecule has 0 atom stereocenters. The maximum absolute atomic E-state index is 12.8. The predicted molar refractivity (Wildman–Crippen MR) is 110 cm³/mol. The Kier molecular flexibility index (Phi) is 7.65. The number of halogens is 1. The van der Waals surface area contributed by atoms with Gasteiger partial charge >= 0.3 is 0 Å². The van der Waals surface area contributed by atoms with Crippen LogP contribution in [0.25, 0.3) is 11.1 Å². The van der Waals surface area contributed by atoms with Crippen molar-refractivity contribution in [3.8, 4) is 11.1 Å². The first-order valence-electron chi connectivity index (χ1n) is 8.76. The molecule has 2 heterocycles. The fraction of sp³-hybridized carbons (Fsp3) is 0.450. The fourth-order valence-electron chi connectivity index (χ4n) is 3.43. The van der Waals surface area contributed by atoms with E-state index in [1.165, 1.54) is 16.9 Å². The Morgan fingerprint density at radius 1 is 1.23 bits per heavy atom. The first kappa shape index (κ1) is 20.9. The Labute approximate surface area is 165 Å². The normalized spacial score (nSPS) is 15.9. The smallest absolute Gasteiger partial charge is 0.262 e. The van der Waals surface area contributed by atoms with Gasteiger partial charge in [0.1, 0.15) is 0 Å². The van der Waals surface area contributed by atoms with Gasteiger partial charge in [0.25, 0.3) is 5.91 Å². The first-order chi connectivity index (χ1) is 12.1. The number of thiophene rings is 1. The van der Waals surface area contributed by atoms with Crippen LogP contribution in [0.2, 0.25) is 0 Å². The van der Waals surface area contributed by atoms with Gasteiger partial charge in [-0.2, -0.15) is 0 Å². The molecule has 0 aliphatic carbocycles. The number of rotatable bonds is 6. The summed E-state index contributed by atoms with van der Waals surface area (Å²) in [7, 11) is 1.74. The molecule has 2 N–H and O–H groups in total. The largest absolute Gasteiger partial charge is 0.384 e. The number of carbonyl (C=O) groups is 1. The third kappa shape index (κ3) is 4.86. The topological polar surface area (TPSA) is 50.4 Å². The van der Waals surface area contributed by atoms with Crippen LogP contribution in [-0.4, -0.2) is 39.3 Å². The molecule has 1 aromatic carbocycles. The minimum absolute atomic E-state index is 0. The highest BCUT2D eigenvalue weighted by Gasteiger charge is 2.32. The molecule has 2 aromatic rings. The molecule has 0 saturated carbocycles. The van der Waals surface area contributed by atoms with Gasteiger partial charge in [-0.3, -0.25) is 4.79 Å². The third-order valence-corrected chi connectivity index (χ3v) is 5.89. The molecule has 1 aliphatic heterocycles. The molecule has 1 fully saturated rings. The summed E-state index contributed by atoms with van der Waals surface area (Å²) in [5.41, 5.74) is 3.35. The number of nitrogens with one attached hydrogen (secondary N) is 2. The molecule has 26 heavy (non-hydrogen) atoms. The summed E-state index contributed by atoms with van der Waals surface area (Å²) in [5.74, 6) is 0.0135. The van der Waals surface area contributed by atoms with E-state index in [1.807, 2.05) is 11.4 Å². The van der Waals surface area contributed by atoms with Crippen LogP contribution >= 0.6 is 23.7 Å². The van der Waals surface area contributed by atoms with Crippen molar-refractivity contribution < 1.29 is 9.53 Å². The Balaban J connectivity index is 0.00000243. The van der Waals surface area contributed by atoms with Crippen molar-refractivity contribution >= 4 is 29.7 Å². The Morgan fingerprint density at radius 2 is 1.92 bits per heavy atom. The summed E-state index contributed by atoms with van der Waals surface area (Å²) in [6.07, 6.45) is 2.05. The second kappa shape index (κ2) is 9.51. The molecule has 1 aliphatic rings. The van der Waals surface area contributed by atoms with Crippen LogP contribution in [0.15, 0.2) is 35.7 Å². The lowest BCUT2D eigenvalue weighted by Crippen LogP contribution is -2.47. The number of benzene rings is 1. The summed E-state index contributed by atoms with van der Waals surface area (Å²) in [6.45, 7) is 5.37. The Hall–Kier alpha value is -1.40. The van der Waals surface area contributed by atoms with E-state index in [-0.39, 0.29) is 23.7 Å². The number of ether oxygens (including phenoxy) is 1. The summed E-state index contributed by atoms with van der Waals surface area (Å²) < 4.78 is 5.44. The van der Waals surface area contributed by atoms with Gasteiger partial charge in [0.2, 0.25) is 0 Å². The zero-order valence-corrected chi connectivity index (χ0v) is 17.0. The minimum atomic E-state index is 0. The van der Waals surface area contributed by atoms with Gasteiger partial charge in [0.15, 0.2) is 0 Å². The summed E-state index contributed by atoms with van der Waals surface area (Å²) in [6, 6.07) is 10.3. The molecule has 142 valence electrons. The second-order valence-corrected chi connectivity index (χ2v) is 7.81. The van der Waals surface area contributed by atoms with E-state index in [1.54, 1.807) is 7.11 Å². The van der Waals surface area contributed by atoms with E-state index in [0.29, 0.717) is 13.2 Å². The maximum atomic E-state index is 12.8. The molecule has 1 amide bonds. The van der Waals surface area contributed by atoms with Gasteiger partial charge in [0.05, 0.1) is 11.5 Å². The van der Waals surface area contributed by atoms with Gasteiger partial charge in [0, 0.05) is 24.6 Å². The van der Waals surface area contributed by atoms with E-state index in [9.17, 15) is 4.79 Å². The first-order valence-corrected chi connectivity index (χ1v) is 9.64. The minimum Gasteiger partial charge on any atom is -0.384 e. The van der Waals surface area contributed by atoms with Crippen molar-refractivity contribution in [1.29, 1.82) is 0 Å². The van der Waals surface area contributed by atoms with E-state index in [4.69, 9.17) is 4.74 Å². The summed E-state index contributed by atoms with van der Waals surface area (Å²) in [5, 5.41) is 8.53. The van der Waals surface area contributed by atoms with Crippen LogP contribution in [0, 0.1) is 12.3 Å². The average Bonchev–Trinajstić information content (AvgIpc) is 3.11. The van der Waals surface area contributed by atoms with Crippen molar-refractivity contribution in [1.82, 2.24) is 10.6 Å². The van der Waals surface area contributed by atoms with E-state index >= 15 is 0 Å². The quantitative estimate of drug-likeness (QED) is 0.781. The molecule has 4 nitrogen and oxygen atoms in total. The van der Waals surface area contributed by atoms with Crippen LogP contribution in [0.3, 0.4) is 0 Å². The van der Waals surface area contributed by atoms with Crippen molar-refractivity contribution in [3.05, 3.63) is 46.2 Å². The molecular weight excluding hydrogens is 368 g/mol. The van der Waals surface area contributed by atoms with Gasteiger partial charge in [-0.05, 0) is 49.9 Å². The third-order valence-electron chi connectivity index (χ3n) is 4.97. The highest BCUT2D eigenvalue weighted by molar-refractivity contribution is 7.12. The molecule has 0 bridgehead atoms. The highest BCUT2D eigenvalue weighted by Crippen LogP contribution is 2.31. The molecule has 0 radical (unpaired) electrons. The standard InChI is InChI=1S/C20H26N2O2S.ClH/c1-15-3-5-16(6-4-15)17-7-12-25-18(17)19(23)22-13-20(14-24-2)8-10-21-11-9-20;/h3-7,12,21H,8-11,13-14H2,1-2H3,(H,22,23);1H. The van der Waals surface area contributed by atoms with Gasteiger partial charge in [-0.15, -0.1) is 23.7 Å². The number of amides is 1. The molecule has 6 heteroatoms. The van der Waals surface area contributed by atoms with E-state index in [0.717, 1.165) is 41.9 Å². The monoisotopic (exact) mass is 394 g/mol. The lowest BCUT2D eigenvalue weighted by atomic mass is 9.79. The molecular formula is C20H27ClN2O2S. The Morgan fingerprint density at radius 3 is 2.58 bits per heavy atom. The number of methoxy groups -OCH3 is 1. The number of carbonyl (C=O) groups excluding carboxylic acids is 1. The van der Waals surface area contributed by atoms with Crippen LogP contribution in [0.4, 0.5) is 0 Å². The zero-order chi connectivity index (χ0) is 17.7. The molecule has 0 unspecified atom stereocenters. The maximum Gasteiger partial charge on any atom is 0.262 e. The Bertz CT molecular complexity index is 703. The molecule has 1 aromatic heterocycles. The lowest BCUT2D eigenvalue weighted by Gasteiger charge is -2.37. The van der Waals surface area contributed by atoms with Crippen molar-refractivity contribution in [2.45, 2.75) is 19.8 Å². The van der Waals surface area contributed by atoms with E-state index < -0.39 is 0 Å². The summed E-state index contributed by atoms with van der Waals surface area (Å²) in [4.78, 5) is 13.6. The zero-order valence-electron chi connectivity index (χ0n) is 15.3. The number of aryl methyl sites for hydroxylation is 1. The van der Waals surface area contributed by atoms with Gasteiger partial charge < -0.3 is 15.4 Å². The molecule has 3 rings (SSSR count). The van der Waals surface area contributed by atoms with Crippen molar-refractivity contribution in [2.75, 3.05) is 33.4 Å². The number of piperidine rings is 1. The second-order valence-electron chi connectivity index (χ2n) is 6.90. The van der Waals surface area contributed by atoms with Crippen LogP contribution in [-0.2, 0) is 4.74 Å². The van der Waals surface area contributed by atoms with Gasteiger partial charge in [-0.25, -0.2) is 0 Å². The van der Waals surface area contributed by atoms with Crippen molar-refractivity contribution in [2.24, 2.45) is 5.41 Å². The van der Waals surface area contributed by atoms with Crippen LogP contribution in [0.5, 0.6) is 0 Å².